The van der Waals surface area contributed by atoms with Crippen molar-refractivity contribution in [2.45, 2.75) is 13.1 Å². The smallest absolute Gasteiger partial charge is 0.251 e. The van der Waals surface area contributed by atoms with Crippen molar-refractivity contribution >= 4 is 23.2 Å². The van der Waals surface area contributed by atoms with Crippen molar-refractivity contribution in [3.8, 4) is 11.5 Å². The van der Waals surface area contributed by atoms with Gasteiger partial charge in [-0.3, -0.25) is 4.98 Å². The molecule has 2 heterocycles. The maximum atomic E-state index is 13.3. The first-order valence-electron chi connectivity index (χ1n) is 5.13. The zero-order chi connectivity index (χ0) is 15.1. The van der Waals surface area contributed by atoms with Crippen LogP contribution in [0.1, 0.15) is 11.3 Å². The Labute approximate surface area is 120 Å². The lowest BCUT2D eigenvalue weighted by atomic mass is 10.2. The topological polar surface area (TPSA) is 38.7 Å². The summed E-state index contributed by atoms with van der Waals surface area (Å²) in [5, 5.41) is -0.757. The SMILES string of the molecule is Cc1nc(-c2ncc(C(F)(F)F)cc2Cl)nc(Cl)c1F. The third-order valence-corrected chi connectivity index (χ3v) is 2.90. The predicted molar refractivity (Wildman–Crippen MR) is 65.0 cm³/mol. The van der Waals surface area contributed by atoms with Gasteiger partial charge in [-0.25, -0.2) is 14.4 Å². The summed E-state index contributed by atoms with van der Waals surface area (Å²) in [6.07, 6.45) is -3.97. The van der Waals surface area contributed by atoms with E-state index in [1.54, 1.807) is 0 Å². The zero-order valence-electron chi connectivity index (χ0n) is 9.76. The molecule has 20 heavy (non-hydrogen) atoms. The second kappa shape index (κ2) is 5.14. The lowest BCUT2D eigenvalue weighted by molar-refractivity contribution is -0.137. The summed E-state index contributed by atoms with van der Waals surface area (Å²) in [5.74, 6) is -0.953. The van der Waals surface area contributed by atoms with Crippen LogP contribution in [0.2, 0.25) is 10.2 Å². The number of halogens is 6. The van der Waals surface area contributed by atoms with Gasteiger partial charge >= 0.3 is 6.18 Å². The molecule has 0 unspecified atom stereocenters. The van der Waals surface area contributed by atoms with Gasteiger partial charge in [-0.1, -0.05) is 23.2 Å². The molecule has 0 saturated carbocycles. The molecule has 0 amide bonds. The predicted octanol–water partition coefficient (Wildman–Crippen LogP) is 4.31. The molecular formula is C11H5Cl2F4N3. The van der Waals surface area contributed by atoms with Crippen LogP contribution < -0.4 is 0 Å². The van der Waals surface area contributed by atoms with Crippen molar-refractivity contribution in [1.82, 2.24) is 15.0 Å². The number of rotatable bonds is 1. The van der Waals surface area contributed by atoms with Crippen molar-refractivity contribution in [3.05, 3.63) is 39.5 Å². The molecule has 3 nitrogen and oxygen atoms in total. The third kappa shape index (κ3) is 2.83. The molecule has 106 valence electrons. The summed E-state index contributed by atoms with van der Waals surface area (Å²) < 4.78 is 50.7. The van der Waals surface area contributed by atoms with E-state index < -0.39 is 22.7 Å². The first-order valence-corrected chi connectivity index (χ1v) is 5.88. The van der Waals surface area contributed by atoms with Gasteiger partial charge in [-0.2, -0.15) is 13.2 Å². The molecule has 0 spiro atoms. The Kier molecular flexibility index (Phi) is 3.84. The van der Waals surface area contributed by atoms with Crippen LogP contribution in [0.5, 0.6) is 0 Å². The highest BCUT2D eigenvalue weighted by molar-refractivity contribution is 6.33. The van der Waals surface area contributed by atoms with Gasteiger partial charge in [0, 0.05) is 6.20 Å². The van der Waals surface area contributed by atoms with Gasteiger partial charge < -0.3 is 0 Å². The Bertz CT molecular complexity index is 650. The van der Waals surface area contributed by atoms with E-state index in [9.17, 15) is 17.6 Å². The summed E-state index contributed by atoms with van der Waals surface area (Å²) in [6, 6.07) is 0.694. The summed E-state index contributed by atoms with van der Waals surface area (Å²) in [6.45, 7) is 1.34. The van der Waals surface area contributed by atoms with Crippen LogP contribution in [0.3, 0.4) is 0 Å². The van der Waals surface area contributed by atoms with Crippen LogP contribution in [0, 0.1) is 12.7 Å². The number of aromatic nitrogens is 3. The lowest BCUT2D eigenvalue weighted by Gasteiger charge is -2.09. The van der Waals surface area contributed by atoms with Crippen LogP contribution in [-0.4, -0.2) is 15.0 Å². The van der Waals surface area contributed by atoms with Crippen molar-refractivity contribution in [3.63, 3.8) is 0 Å². The largest absolute Gasteiger partial charge is 0.417 e. The van der Waals surface area contributed by atoms with E-state index in [1.165, 1.54) is 6.92 Å². The van der Waals surface area contributed by atoms with E-state index in [1.807, 2.05) is 0 Å². The molecule has 0 aromatic carbocycles. The van der Waals surface area contributed by atoms with Gasteiger partial charge in [-0.05, 0) is 13.0 Å². The van der Waals surface area contributed by atoms with E-state index in [0.717, 1.165) is 0 Å². The van der Waals surface area contributed by atoms with Crippen LogP contribution in [0.4, 0.5) is 17.6 Å². The highest BCUT2D eigenvalue weighted by atomic mass is 35.5. The molecule has 2 aromatic heterocycles. The normalized spacial score (nSPS) is 11.8. The quantitative estimate of drug-likeness (QED) is 0.579. The third-order valence-electron chi connectivity index (χ3n) is 2.36. The minimum Gasteiger partial charge on any atom is -0.251 e. The van der Waals surface area contributed by atoms with Gasteiger partial charge in [0.1, 0.15) is 5.69 Å². The van der Waals surface area contributed by atoms with E-state index in [-0.39, 0.29) is 22.2 Å². The molecule has 0 aliphatic heterocycles. The molecule has 0 bridgehead atoms. The first-order chi connectivity index (χ1) is 9.20. The lowest BCUT2D eigenvalue weighted by Crippen LogP contribution is -2.06. The second-order valence-electron chi connectivity index (χ2n) is 3.79. The summed E-state index contributed by atoms with van der Waals surface area (Å²) in [4.78, 5) is 10.9. The highest BCUT2D eigenvalue weighted by Gasteiger charge is 2.32. The average Bonchev–Trinajstić information content (AvgIpc) is 2.34. The molecule has 0 N–H and O–H groups in total. The van der Waals surface area contributed by atoms with E-state index in [2.05, 4.69) is 15.0 Å². The van der Waals surface area contributed by atoms with Gasteiger partial charge in [0.2, 0.25) is 0 Å². The van der Waals surface area contributed by atoms with Crippen molar-refractivity contribution < 1.29 is 17.6 Å². The van der Waals surface area contributed by atoms with Gasteiger partial charge in [-0.15, -0.1) is 0 Å². The van der Waals surface area contributed by atoms with Crippen molar-refractivity contribution in [1.29, 1.82) is 0 Å². The Balaban J connectivity index is 2.54. The molecule has 0 aliphatic carbocycles. The van der Waals surface area contributed by atoms with E-state index in [4.69, 9.17) is 23.2 Å². The molecule has 2 aromatic rings. The number of hydrogen-bond acceptors (Lipinski definition) is 3. The molecule has 0 aliphatic rings. The fourth-order valence-corrected chi connectivity index (χ4v) is 1.86. The van der Waals surface area contributed by atoms with Gasteiger partial charge in [0.05, 0.1) is 16.3 Å². The highest BCUT2D eigenvalue weighted by Crippen LogP contribution is 2.33. The minimum atomic E-state index is -4.56. The Hall–Kier alpha value is -1.47. The molecule has 0 atom stereocenters. The average molecular weight is 326 g/mol. The molecule has 0 fully saturated rings. The molecule has 9 heteroatoms. The van der Waals surface area contributed by atoms with Crippen LogP contribution in [0.25, 0.3) is 11.5 Å². The molecule has 2 rings (SSSR count). The molecule has 0 saturated heterocycles. The second-order valence-corrected chi connectivity index (χ2v) is 4.55. The summed E-state index contributed by atoms with van der Waals surface area (Å²) in [5.41, 5.74) is -1.17. The maximum absolute atomic E-state index is 13.3. The zero-order valence-corrected chi connectivity index (χ0v) is 11.3. The maximum Gasteiger partial charge on any atom is 0.417 e. The molecule has 0 radical (unpaired) electrons. The number of pyridine rings is 1. The van der Waals surface area contributed by atoms with E-state index >= 15 is 0 Å². The fourth-order valence-electron chi connectivity index (χ4n) is 1.39. The summed E-state index contributed by atoms with van der Waals surface area (Å²) in [7, 11) is 0. The van der Waals surface area contributed by atoms with Crippen LogP contribution >= 0.6 is 23.2 Å². The number of aryl methyl sites for hydroxylation is 1. The standard InChI is InChI=1S/C11H5Cl2F4N3/c1-4-7(14)9(13)20-10(19-4)8-6(12)2-5(3-18-8)11(15,16)17/h2-3H,1H3. The minimum absolute atomic E-state index is 0.0576. The van der Waals surface area contributed by atoms with Crippen LogP contribution in [-0.2, 0) is 6.18 Å². The van der Waals surface area contributed by atoms with Gasteiger partial charge in [0.25, 0.3) is 0 Å². The number of nitrogens with zero attached hydrogens (tertiary/aromatic N) is 3. The number of hydrogen-bond donors (Lipinski definition) is 0. The monoisotopic (exact) mass is 325 g/mol. The Morgan fingerprint density at radius 3 is 2.30 bits per heavy atom. The first kappa shape index (κ1) is 14.9. The van der Waals surface area contributed by atoms with Crippen molar-refractivity contribution in [2.24, 2.45) is 0 Å². The van der Waals surface area contributed by atoms with E-state index in [0.29, 0.717) is 12.3 Å². The number of alkyl halides is 3. The van der Waals surface area contributed by atoms with Crippen LogP contribution in [0.15, 0.2) is 12.3 Å². The van der Waals surface area contributed by atoms with Gasteiger partial charge in [0.15, 0.2) is 16.8 Å². The Morgan fingerprint density at radius 1 is 1.15 bits per heavy atom. The fraction of sp³-hybridized carbons (Fsp3) is 0.182. The van der Waals surface area contributed by atoms with Crippen molar-refractivity contribution in [2.75, 3.05) is 0 Å². The molecular weight excluding hydrogens is 321 g/mol. The Morgan fingerprint density at radius 2 is 1.80 bits per heavy atom. The summed E-state index contributed by atoms with van der Waals surface area (Å²) >= 11 is 11.3.